The Hall–Kier alpha value is -0.290. The van der Waals surface area contributed by atoms with E-state index in [1.165, 1.54) is 0 Å². The fourth-order valence-corrected chi connectivity index (χ4v) is 2.03. The van der Waals surface area contributed by atoms with Gasteiger partial charge in [-0.25, -0.2) is 0 Å². The highest BCUT2D eigenvalue weighted by atomic mass is 19.4. The largest absolute Gasteiger partial charge is 0.391 e. The van der Waals surface area contributed by atoms with E-state index in [4.69, 9.17) is 5.73 Å². The van der Waals surface area contributed by atoms with Crippen LogP contribution in [0.3, 0.4) is 0 Å². The van der Waals surface area contributed by atoms with Crippen LogP contribution < -0.4 is 11.1 Å². The van der Waals surface area contributed by atoms with Gasteiger partial charge in [-0.15, -0.1) is 0 Å². The predicted octanol–water partition coefficient (Wildman–Crippen LogP) is 2.43. The van der Waals surface area contributed by atoms with Crippen LogP contribution in [0.4, 0.5) is 13.2 Å². The molecule has 0 unspecified atom stereocenters. The van der Waals surface area contributed by atoms with Gasteiger partial charge in [0.1, 0.15) is 0 Å². The quantitative estimate of drug-likeness (QED) is 0.792. The molecule has 1 aliphatic rings. The van der Waals surface area contributed by atoms with Crippen LogP contribution >= 0.6 is 0 Å². The van der Waals surface area contributed by atoms with E-state index in [2.05, 4.69) is 5.32 Å². The molecule has 0 radical (unpaired) electrons. The van der Waals surface area contributed by atoms with Crippen LogP contribution in [-0.4, -0.2) is 24.3 Å². The second-order valence-corrected chi connectivity index (χ2v) is 5.46. The SMILES string of the molecule is CC(C)(N)CNC1CCC(C(F)(F)F)CC1. The summed E-state index contributed by atoms with van der Waals surface area (Å²) in [7, 11) is 0. The standard InChI is InChI=1S/C11H21F3N2/c1-10(2,15)7-16-9-5-3-8(4-6-9)11(12,13)14/h8-9,16H,3-7,15H2,1-2H3. The highest BCUT2D eigenvalue weighted by molar-refractivity contribution is 4.83. The molecule has 0 saturated heterocycles. The number of hydrogen-bond donors (Lipinski definition) is 2. The molecule has 5 heteroatoms. The van der Waals surface area contributed by atoms with Crippen molar-refractivity contribution in [2.45, 2.75) is 57.3 Å². The van der Waals surface area contributed by atoms with Gasteiger partial charge >= 0.3 is 6.18 Å². The first-order valence-electron chi connectivity index (χ1n) is 5.77. The fraction of sp³-hybridized carbons (Fsp3) is 1.00. The van der Waals surface area contributed by atoms with E-state index in [-0.39, 0.29) is 24.4 Å². The van der Waals surface area contributed by atoms with E-state index in [1.54, 1.807) is 0 Å². The van der Waals surface area contributed by atoms with Crippen LogP contribution in [0.25, 0.3) is 0 Å². The number of halogens is 3. The third-order valence-electron chi connectivity index (χ3n) is 3.04. The maximum atomic E-state index is 12.4. The zero-order chi connectivity index (χ0) is 12.4. The van der Waals surface area contributed by atoms with Crippen LogP contribution in [-0.2, 0) is 0 Å². The lowest BCUT2D eigenvalue weighted by Gasteiger charge is -2.32. The van der Waals surface area contributed by atoms with Crippen LogP contribution in [0.5, 0.6) is 0 Å². The first kappa shape index (κ1) is 13.8. The molecule has 0 spiro atoms. The minimum atomic E-state index is -4.02. The number of alkyl halides is 3. The monoisotopic (exact) mass is 238 g/mol. The molecule has 0 amide bonds. The zero-order valence-corrected chi connectivity index (χ0v) is 9.90. The topological polar surface area (TPSA) is 38.0 Å². The normalized spacial score (nSPS) is 28.1. The van der Waals surface area contributed by atoms with Gasteiger partial charge in [-0.3, -0.25) is 0 Å². The highest BCUT2D eigenvalue weighted by Crippen LogP contribution is 2.37. The number of hydrogen-bond acceptors (Lipinski definition) is 2. The molecule has 0 aromatic carbocycles. The lowest BCUT2D eigenvalue weighted by atomic mass is 9.85. The molecular weight excluding hydrogens is 217 g/mol. The third kappa shape index (κ3) is 4.70. The maximum Gasteiger partial charge on any atom is 0.391 e. The molecule has 1 rings (SSSR count). The fourth-order valence-electron chi connectivity index (χ4n) is 2.03. The smallest absolute Gasteiger partial charge is 0.324 e. The second-order valence-electron chi connectivity index (χ2n) is 5.46. The summed E-state index contributed by atoms with van der Waals surface area (Å²) in [6.45, 7) is 4.46. The maximum absolute atomic E-state index is 12.4. The lowest BCUT2D eigenvalue weighted by Crippen LogP contribution is -2.47. The average molecular weight is 238 g/mol. The number of rotatable bonds is 3. The average Bonchev–Trinajstić information content (AvgIpc) is 2.13. The van der Waals surface area contributed by atoms with Crippen molar-refractivity contribution in [2.75, 3.05) is 6.54 Å². The number of nitrogens with two attached hydrogens (primary N) is 1. The van der Waals surface area contributed by atoms with Gasteiger partial charge in [0.25, 0.3) is 0 Å². The first-order chi connectivity index (χ1) is 7.18. The van der Waals surface area contributed by atoms with Gasteiger partial charge in [0.05, 0.1) is 5.92 Å². The molecule has 1 aliphatic carbocycles. The van der Waals surface area contributed by atoms with Gasteiger partial charge in [-0.1, -0.05) is 0 Å². The van der Waals surface area contributed by atoms with Crippen molar-refractivity contribution in [1.29, 1.82) is 0 Å². The van der Waals surface area contributed by atoms with Crippen molar-refractivity contribution in [3.63, 3.8) is 0 Å². The van der Waals surface area contributed by atoms with Gasteiger partial charge < -0.3 is 11.1 Å². The van der Waals surface area contributed by atoms with Crippen LogP contribution in [0.2, 0.25) is 0 Å². The molecule has 1 fully saturated rings. The van der Waals surface area contributed by atoms with Crippen LogP contribution in [0, 0.1) is 5.92 Å². The first-order valence-corrected chi connectivity index (χ1v) is 5.77. The highest BCUT2D eigenvalue weighted by Gasteiger charge is 2.41. The summed E-state index contributed by atoms with van der Waals surface area (Å²) in [6.07, 6.45) is -2.34. The molecule has 0 bridgehead atoms. The van der Waals surface area contributed by atoms with Crippen molar-refractivity contribution in [1.82, 2.24) is 5.32 Å². The molecule has 1 saturated carbocycles. The molecule has 0 heterocycles. The summed E-state index contributed by atoms with van der Waals surface area (Å²) in [5, 5.41) is 3.24. The summed E-state index contributed by atoms with van der Waals surface area (Å²) >= 11 is 0. The van der Waals surface area contributed by atoms with E-state index in [0.29, 0.717) is 19.4 Å². The van der Waals surface area contributed by atoms with E-state index in [0.717, 1.165) is 0 Å². The Kier molecular flexibility index (Phi) is 4.23. The summed E-state index contributed by atoms with van der Waals surface area (Å²) in [6, 6.07) is 0.196. The third-order valence-corrected chi connectivity index (χ3v) is 3.04. The second kappa shape index (κ2) is 4.92. The Labute approximate surface area is 94.8 Å². The summed E-state index contributed by atoms with van der Waals surface area (Å²) in [5.41, 5.74) is 5.50. The van der Waals surface area contributed by atoms with Crippen molar-refractivity contribution >= 4 is 0 Å². The molecular formula is C11H21F3N2. The molecule has 0 atom stereocenters. The van der Waals surface area contributed by atoms with Crippen molar-refractivity contribution in [3.05, 3.63) is 0 Å². The summed E-state index contributed by atoms with van der Waals surface area (Å²) < 4.78 is 37.2. The minimum absolute atomic E-state index is 0.196. The molecule has 3 N–H and O–H groups in total. The summed E-state index contributed by atoms with van der Waals surface area (Å²) in [5.74, 6) is -1.10. The molecule has 2 nitrogen and oxygen atoms in total. The Morgan fingerprint density at radius 2 is 1.62 bits per heavy atom. The van der Waals surface area contributed by atoms with Crippen molar-refractivity contribution in [2.24, 2.45) is 11.7 Å². The van der Waals surface area contributed by atoms with Gasteiger partial charge in [0, 0.05) is 18.1 Å². The molecule has 16 heavy (non-hydrogen) atoms. The summed E-state index contributed by atoms with van der Waals surface area (Å²) in [4.78, 5) is 0. The van der Waals surface area contributed by atoms with E-state index >= 15 is 0 Å². The van der Waals surface area contributed by atoms with E-state index < -0.39 is 12.1 Å². The minimum Gasteiger partial charge on any atom is -0.324 e. The van der Waals surface area contributed by atoms with Crippen molar-refractivity contribution < 1.29 is 13.2 Å². The molecule has 0 aromatic heterocycles. The molecule has 0 aromatic rings. The van der Waals surface area contributed by atoms with Crippen LogP contribution in [0.1, 0.15) is 39.5 Å². The van der Waals surface area contributed by atoms with Gasteiger partial charge in [0.15, 0.2) is 0 Å². The van der Waals surface area contributed by atoms with E-state index in [9.17, 15) is 13.2 Å². The van der Waals surface area contributed by atoms with Crippen LogP contribution in [0.15, 0.2) is 0 Å². The Bertz CT molecular complexity index is 212. The number of nitrogens with one attached hydrogen (secondary N) is 1. The van der Waals surface area contributed by atoms with Crippen molar-refractivity contribution in [3.8, 4) is 0 Å². The Morgan fingerprint density at radius 1 is 1.12 bits per heavy atom. The van der Waals surface area contributed by atoms with Gasteiger partial charge in [-0.05, 0) is 39.5 Å². The van der Waals surface area contributed by atoms with E-state index in [1.807, 2.05) is 13.8 Å². The van der Waals surface area contributed by atoms with Gasteiger partial charge in [0.2, 0.25) is 0 Å². The Morgan fingerprint density at radius 3 is 2.00 bits per heavy atom. The zero-order valence-electron chi connectivity index (χ0n) is 9.90. The molecule has 96 valence electrons. The van der Waals surface area contributed by atoms with Gasteiger partial charge in [-0.2, -0.15) is 13.2 Å². The molecule has 0 aliphatic heterocycles. The Balaban J connectivity index is 2.28. The predicted molar refractivity (Wildman–Crippen MR) is 58.1 cm³/mol. The lowest BCUT2D eigenvalue weighted by molar-refractivity contribution is -0.182.